The molecule has 0 aliphatic heterocycles. The molecular formula is C23H28N8NaO6PS. The molecule has 4 aromatic rings. The number of carbonyl (C=O) groups excluding carboxylic acids is 1. The first-order chi connectivity index (χ1) is 18.8. The zero-order valence-corrected chi connectivity index (χ0v) is 26.0. The largest absolute Gasteiger partial charge is 1.00 e. The summed E-state index contributed by atoms with van der Waals surface area (Å²) in [6.45, 7) is 2.76. The van der Waals surface area contributed by atoms with Crippen molar-refractivity contribution >= 4 is 30.8 Å². The number of nitrogens with one attached hydrogen (secondary N) is 1. The first-order valence-electron chi connectivity index (χ1n) is 12.1. The predicted molar refractivity (Wildman–Crippen MR) is 142 cm³/mol. The quantitative estimate of drug-likeness (QED) is 0.186. The number of phosphoric ester groups is 1. The summed E-state index contributed by atoms with van der Waals surface area (Å²) < 4.78 is 20.8. The Morgan fingerprint density at radius 1 is 1.25 bits per heavy atom. The molecular weight excluding hydrogens is 570 g/mol. The van der Waals surface area contributed by atoms with E-state index in [1.165, 1.54) is 11.3 Å². The molecule has 0 saturated heterocycles. The fourth-order valence-corrected chi connectivity index (χ4v) is 4.78. The Kier molecular flexibility index (Phi) is 12.1. The zero-order valence-electron chi connectivity index (χ0n) is 22.2. The Bertz CT molecular complexity index is 1390. The van der Waals surface area contributed by atoms with Gasteiger partial charge in [0.15, 0.2) is 11.5 Å². The van der Waals surface area contributed by atoms with E-state index in [9.17, 15) is 9.36 Å². The maximum Gasteiger partial charge on any atom is 1.00 e. The van der Waals surface area contributed by atoms with Crippen LogP contribution < -0.4 is 40.0 Å². The summed E-state index contributed by atoms with van der Waals surface area (Å²) in [4.78, 5) is 41.5. The van der Waals surface area contributed by atoms with Crippen LogP contribution in [0.4, 0.5) is 5.69 Å². The first kappa shape index (κ1) is 32.2. The zero-order chi connectivity index (χ0) is 27.8. The summed E-state index contributed by atoms with van der Waals surface area (Å²) in [6.07, 6.45) is 12.7. The maximum absolute atomic E-state index is 13.0. The number of ether oxygens (including phenoxy) is 1. The van der Waals surface area contributed by atoms with E-state index < -0.39 is 7.82 Å². The minimum Gasteiger partial charge on any atom is -0.581 e. The van der Waals surface area contributed by atoms with Crippen LogP contribution in [0.1, 0.15) is 49.1 Å². The molecule has 0 bridgehead atoms. The van der Waals surface area contributed by atoms with Gasteiger partial charge in [-0.3, -0.25) is 14.0 Å². The molecule has 4 aromatic heterocycles. The SMILES string of the molecule is CCO[C@H]1CC[C@H](n2cc(NC(=O)c3csc(-c4cn[n-]c4)n3)c(-c3ncccn3)n2)CC1.COP(=O)(O)O.[Na+]. The van der Waals surface area contributed by atoms with E-state index in [4.69, 9.17) is 19.6 Å². The molecule has 5 rings (SSSR count). The van der Waals surface area contributed by atoms with E-state index in [1.807, 2.05) is 17.8 Å². The number of carbonyl (C=O) groups is 1. The monoisotopic (exact) mass is 598 g/mol. The Hall–Kier alpha value is -2.33. The van der Waals surface area contributed by atoms with E-state index in [0.717, 1.165) is 45.0 Å². The Balaban J connectivity index is 0.000000570. The molecule has 0 aromatic carbocycles. The van der Waals surface area contributed by atoms with Gasteiger partial charge < -0.3 is 30.0 Å². The van der Waals surface area contributed by atoms with Gasteiger partial charge in [-0.25, -0.2) is 19.5 Å². The molecule has 4 heterocycles. The van der Waals surface area contributed by atoms with Gasteiger partial charge in [0.25, 0.3) is 5.91 Å². The van der Waals surface area contributed by atoms with Gasteiger partial charge in [0.1, 0.15) is 10.7 Å². The Labute approximate surface area is 256 Å². The van der Waals surface area contributed by atoms with Crippen LogP contribution >= 0.6 is 19.2 Å². The molecule has 1 aliphatic rings. The van der Waals surface area contributed by atoms with Crippen molar-refractivity contribution in [2.75, 3.05) is 19.0 Å². The molecule has 1 fully saturated rings. The van der Waals surface area contributed by atoms with Crippen LogP contribution in [0.5, 0.6) is 0 Å². The van der Waals surface area contributed by atoms with Gasteiger partial charge in [-0.2, -0.15) is 5.10 Å². The molecule has 3 N–H and O–H groups in total. The molecule has 0 spiro atoms. The van der Waals surface area contributed by atoms with Gasteiger partial charge >= 0.3 is 37.4 Å². The standard InChI is InChI=1S/C22H24N8O2S.CH5O4P.Na/c1-2-32-16-6-4-15(5-7-16)30-12-17(19(29-30)20-23-8-3-9-24-20)27-21(31)18-13-33-22(28-18)14-10-25-26-11-14;1-5-6(2,3)4;/h3,8-13,15-16H,2,4-7H2,1H3,(H2,25,26,27,28,31);1H3,(H2,2,3,4);/q;;+1/p-1/t15-,16-;;. The molecule has 17 heteroatoms. The van der Waals surface area contributed by atoms with Gasteiger partial charge in [0.2, 0.25) is 0 Å². The molecule has 14 nitrogen and oxygen atoms in total. The van der Waals surface area contributed by atoms with E-state index in [0.29, 0.717) is 34.0 Å². The summed E-state index contributed by atoms with van der Waals surface area (Å²) >= 11 is 1.37. The Morgan fingerprint density at radius 3 is 2.55 bits per heavy atom. The van der Waals surface area contributed by atoms with E-state index in [1.54, 1.807) is 36.2 Å². The summed E-state index contributed by atoms with van der Waals surface area (Å²) in [7, 11) is -3.20. The van der Waals surface area contributed by atoms with Crippen LogP contribution in [-0.4, -0.2) is 65.3 Å². The number of hydrogen-bond donors (Lipinski definition) is 3. The summed E-state index contributed by atoms with van der Waals surface area (Å²) in [5.41, 5.74) is 2.20. The number of anilines is 1. The number of hydrogen-bond acceptors (Lipinski definition) is 10. The van der Waals surface area contributed by atoms with E-state index in [-0.39, 0.29) is 41.5 Å². The van der Waals surface area contributed by atoms with Crippen molar-refractivity contribution in [3.63, 3.8) is 0 Å². The third-order valence-electron chi connectivity index (χ3n) is 5.86. The van der Waals surface area contributed by atoms with Gasteiger partial charge in [-0.15, -0.1) is 17.5 Å². The van der Waals surface area contributed by atoms with Gasteiger partial charge in [0, 0.05) is 49.4 Å². The van der Waals surface area contributed by atoms with E-state index in [2.05, 4.69) is 35.0 Å². The first-order valence-corrected chi connectivity index (χ1v) is 14.5. The summed E-state index contributed by atoms with van der Waals surface area (Å²) in [5.74, 6) is 0.143. The van der Waals surface area contributed by atoms with Crippen LogP contribution in [0.25, 0.3) is 22.1 Å². The second-order valence-electron chi connectivity index (χ2n) is 8.44. The molecule has 0 atom stereocenters. The van der Waals surface area contributed by atoms with Crippen molar-refractivity contribution in [2.45, 2.75) is 44.8 Å². The number of phosphoric acid groups is 1. The van der Waals surface area contributed by atoms with Crippen LogP contribution in [0.3, 0.4) is 0 Å². The molecule has 1 amide bonds. The minimum absolute atomic E-state index is 0. The van der Waals surface area contributed by atoms with Crippen LogP contribution in [0, 0.1) is 0 Å². The van der Waals surface area contributed by atoms with Crippen molar-refractivity contribution in [3.8, 4) is 22.1 Å². The van der Waals surface area contributed by atoms with Gasteiger partial charge in [-0.05, 0) is 38.7 Å². The number of nitrogens with zero attached hydrogens (tertiary/aromatic N) is 7. The fraction of sp³-hybridized carbons (Fsp3) is 0.391. The summed E-state index contributed by atoms with van der Waals surface area (Å²) in [5, 5.41) is 17.8. The number of rotatable bonds is 8. The minimum atomic E-state index is -4.15. The molecule has 40 heavy (non-hydrogen) atoms. The average Bonchev–Trinajstić information content (AvgIpc) is 3.71. The number of aromatic nitrogens is 7. The fourth-order valence-electron chi connectivity index (χ4n) is 4.00. The molecule has 0 unspecified atom stereocenters. The average molecular weight is 599 g/mol. The summed E-state index contributed by atoms with van der Waals surface area (Å²) in [6, 6.07) is 1.98. The number of amides is 1. The van der Waals surface area contributed by atoms with Crippen LogP contribution in [-0.2, 0) is 13.8 Å². The third-order valence-corrected chi connectivity index (χ3v) is 7.23. The van der Waals surface area contributed by atoms with Gasteiger partial charge in [-0.1, -0.05) is 0 Å². The third kappa shape index (κ3) is 8.83. The van der Waals surface area contributed by atoms with Crippen molar-refractivity contribution in [1.29, 1.82) is 0 Å². The van der Waals surface area contributed by atoms with Gasteiger partial charge in [0.05, 0.1) is 17.8 Å². The van der Waals surface area contributed by atoms with Crippen LogP contribution in [0.15, 0.2) is 42.4 Å². The smallest absolute Gasteiger partial charge is 0.581 e. The molecule has 208 valence electrons. The molecule has 0 radical (unpaired) electrons. The second-order valence-corrected chi connectivity index (χ2v) is 10.6. The maximum atomic E-state index is 13.0. The predicted octanol–water partition coefficient (Wildman–Crippen LogP) is 0.318. The van der Waals surface area contributed by atoms with Crippen molar-refractivity contribution < 1.29 is 58.0 Å². The van der Waals surface area contributed by atoms with Crippen molar-refractivity contribution in [2.24, 2.45) is 0 Å². The van der Waals surface area contributed by atoms with Crippen LogP contribution in [0.2, 0.25) is 0 Å². The normalized spacial score (nSPS) is 16.9. The molecule has 1 aliphatic carbocycles. The van der Waals surface area contributed by atoms with Crippen molar-refractivity contribution in [3.05, 3.63) is 48.1 Å². The second kappa shape index (κ2) is 15.1. The van der Waals surface area contributed by atoms with E-state index >= 15 is 0 Å². The number of thiazole rings is 1. The van der Waals surface area contributed by atoms with Crippen molar-refractivity contribution in [1.82, 2.24) is 34.9 Å². The molecule has 1 saturated carbocycles. The Morgan fingerprint density at radius 2 is 1.95 bits per heavy atom. The topological polar surface area (TPSA) is 189 Å².